The van der Waals surface area contributed by atoms with E-state index in [-0.39, 0.29) is 31.1 Å². The molecule has 0 amide bonds. The Bertz CT molecular complexity index is 586. The minimum atomic E-state index is -0.637. The highest BCUT2D eigenvalue weighted by Crippen LogP contribution is 2.00. The number of hydrogen-bond donors (Lipinski definition) is 2. The van der Waals surface area contributed by atoms with E-state index in [4.69, 9.17) is 9.47 Å². The molecule has 0 aliphatic heterocycles. The van der Waals surface area contributed by atoms with Crippen LogP contribution in [-0.2, 0) is 25.7 Å². The van der Waals surface area contributed by atoms with Gasteiger partial charge in [-0.25, -0.2) is 4.79 Å². The van der Waals surface area contributed by atoms with Gasteiger partial charge in [0.05, 0.1) is 24.5 Å². The fourth-order valence-corrected chi connectivity index (χ4v) is 1.30. The molecule has 0 bridgehead atoms. The number of nitrogens with one attached hydrogen (secondary N) is 2. The number of rotatable bonds is 6. The van der Waals surface area contributed by atoms with Gasteiger partial charge < -0.3 is 14.5 Å². The van der Waals surface area contributed by atoms with Gasteiger partial charge in [-0.05, 0) is 13.8 Å². The standard InChI is InChI=1S/C12H16N2O6/c1-7(2)20-10(16)4-3-9(15)19-6-8-5-13-12(18)14-11(8)17/h5,7H,3-4,6H2,1-2H3,(H2,13,14,17,18). The summed E-state index contributed by atoms with van der Waals surface area (Å²) >= 11 is 0. The molecule has 1 aromatic rings. The lowest BCUT2D eigenvalue weighted by molar-refractivity contribution is -0.153. The minimum absolute atomic E-state index is 0.0843. The molecule has 0 atom stereocenters. The van der Waals surface area contributed by atoms with Gasteiger partial charge in [0.25, 0.3) is 5.56 Å². The van der Waals surface area contributed by atoms with Crippen LogP contribution in [0.25, 0.3) is 0 Å². The number of H-pyrrole nitrogens is 2. The number of aromatic amines is 2. The summed E-state index contributed by atoms with van der Waals surface area (Å²) in [6, 6.07) is 0. The van der Waals surface area contributed by atoms with Gasteiger partial charge in [-0.3, -0.25) is 19.4 Å². The molecule has 8 nitrogen and oxygen atoms in total. The molecule has 0 aliphatic carbocycles. The Morgan fingerprint density at radius 3 is 2.45 bits per heavy atom. The van der Waals surface area contributed by atoms with Gasteiger partial charge in [0.15, 0.2) is 0 Å². The maximum atomic E-state index is 11.4. The Labute approximate surface area is 114 Å². The summed E-state index contributed by atoms with van der Waals surface area (Å²) in [6.07, 6.45) is 0.714. The van der Waals surface area contributed by atoms with E-state index < -0.39 is 23.2 Å². The van der Waals surface area contributed by atoms with Crippen molar-refractivity contribution in [2.24, 2.45) is 0 Å². The number of aromatic nitrogens is 2. The topological polar surface area (TPSA) is 118 Å². The first-order chi connectivity index (χ1) is 9.38. The van der Waals surface area contributed by atoms with Crippen molar-refractivity contribution < 1.29 is 19.1 Å². The Morgan fingerprint density at radius 2 is 1.85 bits per heavy atom. The zero-order valence-electron chi connectivity index (χ0n) is 11.2. The van der Waals surface area contributed by atoms with Crippen LogP contribution in [0.1, 0.15) is 32.3 Å². The highest BCUT2D eigenvalue weighted by Gasteiger charge is 2.11. The molecule has 8 heteroatoms. The predicted molar refractivity (Wildman–Crippen MR) is 67.9 cm³/mol. The van der Waals surface area contributed by atoms with Crippen molar-refractivity contribution in [3.05, 3.63) is 32.6 Å². The molecule has 0 aromatic carbocycles. The molecule has 0 saturated heterocycles. The smallest absolute Gasteiger partial charge is 0.325 e. The molecular weight excluding hydrogens is 268 g/mol. The Morgan fingerprint density at radius 1 is 1.20 bits per heavy atom. The van der Waals surface area contributed by atoms with Gasteiger partial charge in [-0.1, -0.05) is 0 Å². The third-order valence-electron chi connectivity index (χ3n) is 2.19. The van der Waals surface area contributed by atoms with Crippen LogP contribution in [0, 0.1) is 0 Å². The van der Waals surface area contributed by atoms with E-state index >= 15 is 0 Å². The van der Waals surface area contributed by atoms with Crippen LogP contribution in [0.3, 0.4) is 0 Å². The lowest BCUT2D eigenvalue weighted by Crippen LogP contribution is -2.25. The Kier molecular flexibility index (Phi) is 5.70. The quantitative estimate of drug-likeness (QED) is 0.700. The van der Waals surface area contributed by atoms with Crippen molar-refractivity contribution in [1.82, 2.24) is 9.97 Å². The van der Waals surface area contributed by atoms with Crippen LogP contribution < -0.4 is 11.2 Å². The van der Waals surface area contributed by atoms with Gasteiger partial charge in [-0.2, -0.15) is 0 Å². The Hall–Kier alpha value is -2.38. The summed E-state index contributed by atoms with van der Waals surface area (Å²) in [6.45, 7) is 3.14. The monoisotopic (exact) mass is 284 g/mol. The van der Waals surface area contributed by atoms with Crippen LogP contribution in [-0.4, -0.2) is 28.0 Å². The molecular formula is C12H16N2O6. The first-order valence-electron chi connectivity index (χ1n) is 6.04. The van der Waals surface area contributed by atoms with E-state index in [9.17, 15) is 19.2 Å². The molecule has 0 fully saturated rings. The van der Waals surface area contributed by atoms with Gasteiger partial charge in [0.2, 0.25) is 0 Å². The maximum Gasteiger partial charge on any atom is 0.325 e. The first kappa shape index (κ1) is 15.7. The van der Waals surface area contributed by atoms with Gasteiger partial charge in [0.1, 0.15) is 6.61 Å². The van der Waals surface area contributed by atoms with Crippen LogP contribution in [0.15, 0.2) is 15.8 Å². The number of carbonyl (C=O) groups excluding carboxylic acids is 2. The molecule has 0 aliphatic rings. The molecule has 0 spiro atoms. The Balaban J connectivity index is 2.38. The summed E-state index contributed by atoms with van der Waals surface area (Å²) in [5.41, 5.74) is -1.15. The fraction of sp³-hybridized carbons (Fsp3) is 0.500. The SMILES string of the molecule is CC(C)OC(=O)CCC(=O)OCc1c[nH]c(=O)[nH]c1=O. The second kappa shape index (κ2) is 7.27. The lowest BCUT2D eigenvalue weighted by Gasteiger charge is -2.07. The summed E-state index contributed by atoms with van der Waals surface area (Å²) in [7, 11) is 0. The zero-order valence-corrected chi connectivity index (χ0v) is 11.2. The summed E-state index contributed by atoms with van der Waals surface area (Å²) in [4.78, 5) is 48.9. The van der Waals surface area contributed by atoms with E-state index in [0.717, 1.165) is 0 Å². The predicted octanol–water partition coefficient (Wildman–Crippen LogP) is -0.162. The molecule has 2 N–H and O–H groups in total. The van der Waals surface area contributed by atoms with E-state index in [1.54, 1.807) is 13.8 Å². The van der Waals surface area contributed by atoms with Crippen LogP contribution in [0.5, 0.6) is 0 Å². The molecule has 0 unspecified atom stereocenters. The fourth-order valence-electron chi connectivity index (χ4n) is 1.30. The van der Waals surface area contributed by atoms with Crippen LogP contribution in [0.4, 0.5) is 0 Å². The van der Waals surface area contributed by atoms with Gasteiger partial charge in [-0.15, -0.1) is 0 Å². The zero-order chi connectivity index (χ0) is 15.1. The van der Waals surface area contributed by atoms with E-state index in [0.29, 0.717) is 0 Å². The third-order valence-corrected chi connectivity index (χ3v) is 2.19. The maximum absolute atomic E-state index is 11.4. The van der Waals surface area contributed by atoms with Crippen LogP contribution in [0.2, 0.25) is 0 Å². The van der Waals surface area contributed by atoms with Crippen molar-refractivity contribution in [3.8, 4) is 0 Å². The second-order valence-corrected chi connectivity index (χ2v) is 4.30. The first-order valence-corrected chi connectivity index (χ1v) is 6.04. The van der Waals surface area contributed by atoms with Crippen molar-refractivity contribution in [1.29, 1.82) is 0 Å². The lowest BCUT2D eigenvalue weighted by atomic mass is 10.3. The van der Waals surface area contributed by atoms with E-state index in [2.05, 4.69) is 4.98 Å². The number of esters is 2. The van der Waals surface area contributed by atoms with Gasteiger partial charge >= 0.3 is 17.6 Å². The van der Waals surface area contributed by atoms with Crippen LogP contribution >= 0.6 is 0 Å². The summed E-state index contributed by atoms with van der Waals surface area (Å²) in [5, 5.41) is 0. The largest absolute Gasteiger partial charge is 0.463 e. The number of hydrogen-bond acceptors (Lipinski definition) is 6. The van der Waals surface area contributed by atoms with Crippen molar-refractivity contribution in [3.63, 3.8) is 0 Å². The molecule has 20 heavy (non-hydrogen) atoms. The average molecular weight is 284 g/mol. The molecule has 1 heterocycles. The average Bonchev–Trinajstić information content (AvgIpc) is 2.34. The minimum Gasteiger partial charge on any atom is -0.463 e. The van der Waals surface area contributed by atoms with Crippen molar-refractivity contribution >= 4 is 11.9 Å². The van der Waals surface area contributed by atoms with Crippen molar-refractivity contribution in [2.45, 2.75) is 39.4 Å². The van der Waals surface area contributed by atoms with Gasteiger partial charge in [0, 0.05) is 6.20 Å². The van der Waals surface area contributed by atoms with E-state index in [1.165, 1.54) is 6.20 Å². The molecule has 0 saturated carbocycles. The molecule has 110 valence electrons. The third kappa shape index (κ3) is 5.51. The highest BCUT2D eigenvalue weighted by molar-refractivity contribution is 5.77. The number of carbonyl (C=O) groups is 2. The molecule has 1 aromatic heterocycles. The molecule has 0 radical (unpaired) electrons. The normalized spacial score (nSPS) is 10.3. The van der Waals surface area contributed by atoms with E-state index in [1.807, 2.05) is 4.98 Å². The number of ether oxygens (including phenoxy) is 2. The molecule has 1 rings (SSSR count). The summed E-state index contributed by atoms with van der Waals surface area (Å²) in [5.74, 6) is -1.12. The summed E-state index contributed by atoms with van der Waals surface area (Å²) < 4.78 is 9.67. The highest BCUT2D eigenvalue weighted by atomic mass is 16.5. The second-order valence-electron chi connectivity index (χ2n) is 4.30. The van der Waals surface area contributed by atoms with Crippen molar-refractivity contribution in [2.75, 3.05) is 0 Å².